The first-order valence-corrected chi connectivity index (χ1v) is 9.74. The molecule has 2 nitrogen and oxygen atoms in total. The first-order valence-electron chi connectivity index (χ1n) is 8.86. The number of unbranched alkanes of at least 4 members (excludes halogenated alkanes) is 3. The first-order chi connectivity index (χ1) is 11.4. The van der Waals surface area contributed by atoms with Gasteiger partial charge in [-0.25, -0.2) is 0 Å². The van der Waals surface area contributed by atoms with Gasteiger partial charge < -0.3 is 9.84 Å². The molecule has 132 valence electrons. The summed E-state index contributed by atoms with van der Waals surface area (Å²) >= 11 is 1.70. The van der Waals surface area contributed by atoms with Gasteiger partial charge in [0.05, 0.1) is 7.11 Å². The molecule has 3 heteroatoms. The average Bonchev–Trinajstić information content (AvgIpc) is 2.99. The standard InChI is InChI=1S/C21H30O2S/c1-6-7-8-9-10-15-11-12-24-20(15)17-13-16(23-5)14-18(19(17)22)21(2,3)4/h11-14,22H,6-10H2,1-5H3. The first kappa shape index (κ1) is 18.9. The minimum atomic E-state index is -0.133. The minimum Gasteiger partial charge on any atom is -0.507 e. The van der Waals surface area contributed by atoms with Gasteiger partial charge in [0, 0.05) is 16.0 Å². The molecule has 0 saturated heterocycles. The second-order valence-corrected chi connectivity index (χ2v) is 8.32. The number of aromatic hydroxyl groups is 1. The summed E-state index contributed by atoms with van der Waals surface area (Å²) in [5.41, 5.74) is 3.04. The fourth-order valence-electron chi connectivity index (χ4n) is 2.98. The van der Waals surface area contributed by atoms with E-state index in [9.17, 15) is 5.11 Å². The molecule has 2 aromatic rings. The van der Waals surface area contributed by atoms with Gasteiger partial charge in [0.2, 0.25) is 0 Å². The lowest BCUT2D eigenvalue weighted by Gasteiger charge is -2.23. The molecule has 1 aromatic carbocycles. The summed E-state index contributed by atoms with van der Waals surface area (Å²) in [6.07, 6.45) is 6.08. The van der Waals surface area contributed by atoms with Gasteiger partial charge in [0.1, 0.15) is 11.5 Å². The Labute approximate surface area is 150 Å². The lowest BCUT2D eigenvalue weighted by molar-refractivity contribution is 0.406. The average molecular weight is 347 g/mol. The largest absolute Gasteiger partial charge is 0.507 e. The second kappa shape index (κ2) is 8.06. The molecule has 1 heterocycles. The third-order valence-corrected chi connectivity index (χ3v) is 5.41. The van der Waals surface area contributed by atoms with E-state index in [1.165, 1.54) is 36.1 Å². The van der Waals surface area contributed by atoms with Crippen molar-refractivity contribution in [3.05, 3.63) is 34.7 Å². The maximum absolute atomic E-state index is 10.9. The Morgan fingerprint density at radius 3 is 2.50 bits per heavy atom. The van der Waals surface area contributed by atoms with Gasteiger partial charge in [0.25, 0.3) is 0 Å². The number of ether oxygens (including phenoxy) is 1. The molecule has 24 heavy (non-hydrogen) atoms. The highest BCUT2D eigenvalue weighted by molar-refractivity contribution is 7.13. The summed E-state index contributed by atoms with van der Waals surface area (Å²) in [7, 11) is 1.68. The molecule has 0 saturated carbocycles. The van der Waals surface area contributed by atoms with Crippen LogP contribution in [0.5, 0.6) is 11.5 Å². The normalized spacial score (nSPS) is 11.7. The van der Waals surface area contributed by atoms with E-state index in [0.717, 1.165) is 23.3 Å². The number of aryl methyl sites for hydroxylation is 1. The fourth-order valence-corrected chi connectivity index (χ4v) is 3.95. The number of rotatable bonds is 7. The van der Waals surface area contributed by atoms with Crippen LogP contribution in [0.25, 0.3) is 10.4 Å². The third kappa shape index (κ3) is 4.32. The fraction of sp³-hybridized carbons (Fsp3) is 0.524. The number of benzene rings is 1. The van der Waals surface area contributed by atoms with Crippen LogP contribution in [0.3, 0.4) is 0 Å². The number of methoxy groups -OCH3 is 1. The van der Waals surface area contributed by atoms with Crippen LogP contribution in [0.15, 0.2) is 23.6 Å². The van der Waals surface area contributed by atoms with Crippen molar-refractivity contribution in [3.8, 4) is 21.9 Å². The van der Waals surface area contributed by atoms with Crippen LogP contribution in [0.4, 0.5) is 0 Å². The Hall–Kier alpha value is -1.48. The number of hydrogen-bond donors (Lipinski definition) is 1. The van der Waals surface area contributed by atoms with E-state index in [2.05, 4.69) is 39.1 Å². The van der Waals surface area contributed by atoms with Crippen LogP contribution in [0.1, 0.15) is 64.5 Å². The summed E-state index contributed by atoms with van der Waals surface area (Å²) in [4.78, 5) is 1.17. The van der Waals surface area contributed by atoms with E-state index in [-0.39, 0.29) is 5.41 Å². The molecule has 1 aromatic heterocycles. The van der Waals surface area contributed by atoms with Gasteiger partial charge in [0.15, 0.2) is 0 Å². The zero-order valence-corrected chi connectivity index (χ0v) is 16.4. The summed E-state index contributed by atoms with van der Waals surface area (Å²) in [5, 5.41) is 13.0. The molecule has 0 fully saturated rings. The molecule has 2 rings (SSSR count). The molecule has 0 aliphatic heterocycles. The Kier molecular flexibility index (Phi) is 6.34. The Bertz CT molecular complexity index is 665. The van der Waals surface area contributed by atoms with Gasteiger partial charge in [-0.2, -0.15) is 0 Å². The Balaban J connectivity index is 2.40. The summed E-state index contributed by atoms with van der Waals surface area (Å²) in [5.74, 6) is 1.19. The van der Waals surface area contributed by atoms with Crippen LogP contribution in [0, 0.1) is 0 Å². The molecule has 0 radical (unpaired) electrons. The maximum Gasteiger partial charge on any atom is 0.128 e. The van der Waals surface area contributed by atoms with Crippen molar-refractivity contribution in [1.82, 2.24) is 0 Å². The van der Waals surface area contributed by atoms with Crippen LogP contribution in [-0.2, 0) is 11.8 Å². The molecule has 1 N–H and O–H groups in total. The topological polar surface area (TPSA) is 29.5 Å². The zero-order valence-electron chi connectivity index (χ0n) is 15.6. The van der Waals surface area contributed by atoms with Crippen molar-refractivity contribution >= 4 is 11.3 Å². The van der Waals surface area contributed by atoms with E-state index >= 15 is 0 Å². The number of phenolic OH excluding ortho intramolecular Hbond substituents is 1. The molecule has 0 unspecified atom stereocenters. The number of phenols is 1. The Morgan fingerprint density at radius 1 is 1.12 bits per heavy atom. The molecule has 0 spiro atoms. The predicted molar refractivity (Wildman–Crippen MR) is 105 cm³/mol. The second-order valence-electron chi connectivity index (χ2n) is 7.41. The van der Waals surface area contributed by atoms with Crippen molar-refractivity contribution in [2.45, 2.75) is 65.2 Å². The lowest BCUT2D eigenvalue weighted by atomic mass is 9.84. The van der Waals surface area contributed by atoms with Gasteiger partial charge in [-0.1, -0.05) is 47.0 Å². The zero-order chi connectivity index (χ0) is 17.7. The van der Waals surface area contributed by atoms with Crippen molar-refractivity contribution in [1.29, 1.82) is 0 Å². The molecule has 0 aliphatic rings. The van der Waals surface area contributed by atoms with E-state index in [4.69, 9.17) is 4.74 Å². The van der Waals surface area contributed by atoms with Crippen LogP contribution in [-0.4, -0.2) is 12.2 Å². The Morgan fingerprint density at radius 2 is 1.88 bits per heavy atom. The summed E-state index contributed by atoms with van der Waals surface area (Å²) in [6.45, 7) is 8.58. The predicted octanol–water partition coefficient (Wildman–Crippen LogP) is 6.55. The van der Waals surface area contributed by atoms with Gasteiger partial charge in [-0.3, -0.25) is 0 Å². The smallest absolute Gasteiger partial charge is 0.128 e. The van der Waals surface area contributed by atoms with Crippen molar-refractivity contribution < 1.29 is 9.84 Å². The molecular weight excluding hydrogens is 316 g/mol. The highest BCUT2D eigenvalue weighted by Crippen LogP contribution is 2.44. The number of hydrogen-bond acceptors (Lipinski definition) is 3. The quantitative estimate of drug-likeness (QED) is 0.576. The highest BCUT2D eigenvalue weighted by Gasteiger charge is 2.23. The summed E-state index contributed by atoms with van der Waals surface area (Å²) in [6, 6.07) is 6.11. The molecule has 0 bridgehead atoms. The molecule has 0 atom stereocenters. The van der Waals surface area contributed by atoms with E-state index < -0.39 is 0 Å². The van der Waals surface area contributed by atoms with E-state index in [0.29, 0.717) is 5.75 Å². The highest BCUT2D eigenvalue weighted by atomic mass is 32.1. The monoisotopic (exact) mass is 346 g/mol. The van der Waals surface area contributed by atoms with Crippen molar-refractivity contribution in [2.75, 3.05) is 7.11 Å². The molecular formula is C21H30O2S. The molecule has 0 amide bonds. The number of thiophene rings is 1. The van der Waals surface area contributed by atoms with Gasteiger partial charge in [-0.05, 0) is 47.4 Å². The van der Waals surface area contributed by atoms with Crippen LogP contribution < -0.4 is 4.74 Å². The summed E-state index contributed by atoms with van der Waals surface area (Å²) < 4.78 is 5.49. The van der Waals surface area contributed by atoms with E-state index in [1.807, 2.05) is 12.1 Å². The SMILES string of the molecule is CCCCCCc1ccsc1-c1cc(OC)cc(C(C)(C)C)c1O. The van der Waals surface area contributed by atoms with E-state index in [1.54, 1.807) is 18.4 Å². The van der Waals surface area contributed by atoms with Gasteiger partial charge in [-0.15, -0.1) is 11.3 Å². The maximum atomic E-state index is 10.9. The van der Waals surface area contributed by atoms with Crippen LogP contribution >= 0.6 is 11.3 Å². The van der Waals surface area contributed by atoms with Gasteiger partial charge >= 0.3 is 0 Å². The lowest BCUT2D eigenvalue weighted by Crippen LogP contribution is -2.12. The minimum absolute atomic E-state index is 0.133. The van der Waals surface area contributed by atoms with Crippen molar-refractivity contribution in [2.24, 2.45) is 0 Å². The third-order valence-electron chi connectivity index (χ3n) is 4.42. The van der Waals surface area contributed by atoms with Crippen molar-refractivity contribution in [3.63, 3.8) is 0 Å². The molecule has 0 aliphatic carbocycles. The van der Waals surface area contributed by atoms with Crippen LogP contribution in [0.2, 0.25) is 0 Å².